The first-order chi connectivity index (χ1) is 15.6. The highest BCUT2D eigenvalue weighted by molar-refractivity contribution is 5.97. The number of epoxide rings is 1. The van der Waals surface area contributed by atoms with Crippen LogP contribution in [0.15, 0.2) is 39.6 Å². The lowest BCUT2D eigenvalue weighted by atomic mass is 9.85. The number of methoxy groups -OCH3 is 1. The summed E-state index contributed by atoms with van der Waals surface area (Å²) in [6.45, 7) is 11.8. The summed E-state index contributed by atoms with van der Waals surface area (Å²) >= 11 is 0. The van der Waals surface area contributed by atoms with Gasteiger partial charge in [-0.25, -0.2) is 0 Å². The first kappa shape index (κ1) is 21.9. The van der Waals surface area contributed by atoms with E-state index >= 15 is 0 Å². The molecule has 3 aromatic rings. The van der Waals surface area contributed by atoms with E-state index in [0.29, 0.717) is 22.5 Å². The first-order valence-electron chi connectivity index (χ1n) is 11.0. The number of aliphatic hydroxyl groups excluding tert-OH is 1. The molecule has 7 heteroatoms. The Balaban J connectivity index is 1.83. The minimum absolute atomic E-state index is 0.0382. The lowest BCUT2D eigenvalue weighted by molar-refractivity contribution is 0.0701. The third kappa shape index (κ3) is 3.18. The van der Waals surface area contributed by atoms with Crippen LogP contribution in [0.1, 0.15) is 49.7 Å². The second-order valence-electron chi connectivity index (χ2n) is 9.63. The van der Waals surface area contributed by atoms with Crippen molar-refractivity contribution >= 4 is 21.9 Å². The molecule has 33 heavy (non-hydrogen) atoms. The molecule has 0 spiro atoms. The summed E-state index contributed by atoms with van der Waals surface area (Å²) in [6.07, 6.45) is -1.68. The van der Waals surface area contributed by atoms with E-state index in [1.54, 1.807) is 19.2 Å². The average molecular weight is 453 g/mol. The molecule has 3 heterocycles. The smallest absolute Gasteiger partial charge is 0.204 e. The summed E-state index contributed by atoms with van der Waals surface area (Å²) < 4.78 is 23.7. The van der Waals surface area contributed by atoms with Crippen LogP contribution in [0.2, 0.25) is 0 Å². The Morgan fingerprint density at radius 1 is 1.30 bits per heavy atom. The molecule has 4 atom stereocenters. The molecule has 1 fully saturated rings. The van der Waals surface area contributed by atoms with Crippen molar-refractivity contribution in [1.29, 1.82) is 0 Å². The first-order valence-corrected chi connectivity index (χ1v) is 11.0. The van der Waals surface area contributed by atoms with E-state index in [0.717, 1.165) is 11.1 Å². The topological polar surface area (TPSA) is 102 Å². The largest absolute Gasteiger partial charge is 0.507 e. The number of rotatable bonds is 4. The van der Waals surface area contributed by atoms with Crippen LogP contribution >= 0.6 is 0 Å². The summed E-state index contributed by atoms with van der Waals surface area (Å²) in [6, 6.07) is 4.89. The molecule has 2 aromatic carbocycles. The van der Waals surface area contributed by atoms with Crippen LogP contribution in [0.3, 0.4) is 0 Å². The van der Waals surface area contributed by atoms with Gasteiger partial charge in [0, 0.05) is 24.2 Å². The van der Waals surface area contributed by atoms with Gasteiger partial charge in [-0.3, -0.25) is 4.79 Å². The molecule has 0 radical (unpaired) electrons. The molecule has 174 valence electrons. The second-order valence-corrected chi connectivity index (χ2v) is 9.63. The molecule has 0 saturated carbocycles. The third-order valence-corrected chi connectivity index (χ3v) is 6.91. The second kappa shape index (κ2) is 7.32. The number of benzene rings is 2. The van der Waals surface area contributed by atoms with Crippen molar-refractivity contribution in [1.82, 2.24) is 0 Å². The molecule has 0 aliphatic carbocycles. The molecule has 0 amide bonds. The number of aromatic hydroxyl groups is 1. The maximum atomic E-state index is 13.8. The maximum absolute atomic E-state index is 13.8. The Morgan fingerprint density at radius 3 is 2.61 bits per heavy atom. The fourth-order valence-electron chi connectivity index (χ4n) is 4.97. The van der Waals surface area contributed by atoms with Crippen molar-refractivity contribution in [2.24, 2.45) is 5.92 Å². The van der Waals surface area contributed by atoms with Gasteiger partial charge >= 0.3 is 0 Å². The number of aliphatic hydroxyl groups is 1. The van der Waals surface area contributed by atoms with Crippen LogP contribution in [0, 0.1) is 12.8 Å². The van der Waals surface area contributed by atoms with E-state index in [1.165, 1.54) is 6.07 Å². The highest BCUT2D eigenvalue weighted by Crippen LogP contribution is 2.48. The Hall–Kier alpha value is -2.87. The summed E-state index contributed by atoms with van der Waals surface area (Å²) in [5.74, 6) is -0.0884. The van der Waals surface area contributed by atoms with Gasteiger partial charge in [-0.15, -0.1) is 0 Å². The van der Waals surface area contributed by atoms with Crippen LogP contribution in [0.5, 0.6) is 11.5 Å². The number of ether oxygens (including phenoxy) is 3. The molecule has 2 N–H and O–H groups in total. The SMILES string of the molecule is C=C(C)[C@H]1COc2c(C)cc3oc4c([C@@H](OC)[C@@H]5OC5(C)C)ccc(O)c4c(=O)c3c2[C@@H]1O. The molecular formula is C26H28O7. The van der Waals surface area contributed by atoms with E-state index < -0.39 is 17.6 Å². The van der Waals surface area contributed by atoms with Crippen molar-refractivity contribution in [2.45, 2.75) is 51.6 Å². The molecule has 2 aliphatic heterocycles. The molecule has 0 bridgehead atoms. The Morgan fingerprint density at radius 2 is 2.00 bits per heavy atom. The van der Waals surface area contributed by atoms with Gasteiger partial charge in [0.05, 0.1) is 23.7 Å². The van der Waals surface area contributed by atoms with Crippen LogP contribution in [0.4, 0.5) is 0 Å². The predicted molar refractivity (Wildman–Crippen MR) is 124 cm³/mol. The molecule has 1 aromatic heterocycles. The number of hydrogen-bond acceptors (Lipinski definition) is 7. The molecule has 5 rings (SSSR count). The van der Waals surface area contributed by atoms with Gasteiger partial charge in [-0.05, 0) is 51.5 Å². The number of phenolic OH excluding ortho intramolecular Hbond substituents is 1. The van der Waals surface area contributed by atoms with Crippen LogP contribution < -0.4 is 10.2 Å². The minimum Gasteiger partial charge on any atom is -0.507 e. The number of phenols is 1. The van der Waals surface area contributed by atoms with Crippen molar-refractivity contribution in [3.63, 3.8) is 0 Å². The average Bonchev–Trinajstić information content (AvgIpc) is 3.37. The van der Waals surface area contributed by atoms with Crippen molar-refractivity contribution in [2.75, 3.05) is 13.7 Å². The fraction of sp³-hybridized carbons (Fsp3) is 0.423. The van der Waals surface area contributed by atoms with E-state index in [4.69, 9.17) is 18.6 Å². The van der Waals surface area contributed by atoms with Crippen molar-refractivity contribution in [3.05, 3.63) is 57.3 Å². The van der Waals surface area contributed by atoms with Gasteiger partial charge in [0.2, 0.25) is 5.43 Å². The van der Waals surface area contributed by atoms with E-state index in [-0.39, 0.29) is 46.3 Å². The van der Waals surface area contributed by atoms with E-state index in [2.05, 4.69) is 6.58 Å². The van der Waals surface area contributed by atoms with Crippen molar-refractivity contribution in [3.8, 4) is 11.5 Å². The lowest BCUT2D eigenvalue weighted by Gasteiger charge is -2.32. The molecule has 0 unspecified atom stereocenters. The van der Waals surface area contributed by atoms with Crippen LogP contribution in [0.25, 0.3) is 21.9 Å². The number of aryl methyl sites for hydroxylation is 1. The Bertz CT molecular complexity index is 1370. The van der Waals surface area contributed by atoms with Crippen LogP contribution in [-0.4, -0.2) is 35.6 Å². The number of fused-ring (bicyclic) bond motifs is 4. The van der Waals surface area contributed by atoms with Gasteiger partial charge in [0.15, 0.2) is 0 Å². The van der Waals surface area contributed by atoms with E-state index in [1.807, 2.05) is 27.7 Å². The molecule has 7 nitrogen and oxygen atoms in total. The zero-order chi connectivity index (χ0) is 23.8. The molecule has 1 saturated heterocycles. The summed E-state index contributed by atoms with van der Waals surface area (Å²) in [5.41, 5.74) is 2.25. The number of hydrogen-bond donors (Lipinski definition) is 2. The van der Waals surface area contributed by atoms with Gasteiger partial charge < -0.3 is 28.8 Å². The van der Waals surface area contributed by atoms with E-state index in [9.17, 15) is 15.0 Å². The van der Waals surface area contributed by atoms with Gasteiger partial charge in [0.25, 0.3) is 0 Å². The van der Waals surface area contributed by atoms with Crippen molar-refractivity contribution < 1.29 is 28.8 Å². The van der Waals surface area contributed by atoms with Gasteiger partial charge in [-0.2, -0.15) is 0 Å². The maximum Gasteiger partial charge on any atom is 0.204 e. The summed E-state index contributed by atoms with van der Waals surface area (Å²) in [7, 11) is 1.58. The fourth-order valence-corrected chi connectivity index (χ4v) is 4.97. The Labute approximate surface area is 191 Å². The standard InChI is InChI=1S/C26H28O7/c1-11(2)14-10-31-22-12(3)9-16-18(19(22)20(14)28)21(29)17-15(27)8-7-13(23(17)32-16)24(30-6)25-26(4,5)33-25/h7-9,14,20,24-25,27-28H,1,10H2,2-6H3/t14-,20-,24-,25+/m1/s1. The zero-order valence-electron chi connectivity index (χ0n) is 19.4. The molecular weight excluding hydrogens is 424 g/mol. The monoisotopic (exact) mass is 452 g/mol. The zero-order valence-corrected chi connectivity index (χ0v) is 19.4. The predicted octanol–water partition coefficient (Wildman–Crippen LogP) is 4.44. The van der Waals surface area contributed by atoms with Gasteiger partial charge in [-0.1, -0.05) is 12.2 Å². The molecule has 2 aliphatic rings. The third-order valence-electron chi connectivity index (χ3n) is 6.91. The highest BCUT2D eigenvalue weighted by atomic mass is 16.6. The summed E-state index contributed by atoms with van der Waals surface area (Å²) in [5, 5.41) is 22.1. The quantitative estimate of drug-likeness (QED) is 0.343. The summed E-state index contributed by atoms with van der Waals surface area (Å²) in [4.78, 5) is 13.8. The van der Waals surface area contributed by atoms with Gasteiger partial charge in [0.1, 0.15) is 40.3 Å². The lowest BCUT2D eigenvalue weighted by Crippen LogP contribution is -2.28. The normalized spacial score (nSPS) is 24.4. The minimum atomic E-state index is -0.980. The Kier molecular flexibility index (Phi) is 4.87. The highest BCUT2D eigenvalue weighted by Gasteiger charge is 2.54. The van der Waals surface area contributed by atoms with Crippen LogP contribution in [-0.2, 0) is 9.47 Å².